The molecule has 0 radical (unpaired) electrons. The predicted octanol–water partition coefficient (Wildman–Crippen LogP) is 17.5. The van der Waals surface area contributed by atoms with Crippen LogP contribution in [0.4, 0.5) is 21.9 Å². The van der Waals surface area contributed by atoms with E-state index in [1.165, 1.54) is 6.92 Å². The van der Waals surface area contributed by atoms with Crippen LogP contribution in [0.25, 0.3) is 63.0 Å². The molecule has 138 heavy (non-hydrogen) atoms. The van der Waals surface area contributed by atoms with E-state index in [9.17, 15) is 77.6 Å². The number of hydrogen-bond acceptors (Lipinski definition) is 28. The summed E-state index contributed by atoms with van der Waals surface area (Å²) in [6.07, 6.45) is -1.35. The number of fused-ring (bicyclic) bond motifs is 9. The summed E-state index contributed by atoms with van der Waals surface area (Å²) in [5, 5.41) is 59.7. The van der Waals surface area contributed by atoms with Crippen molar-refractivity contribution in [2.75, 3.05) is 39.8 Å². The van der Waals surface area contributed by atoms with E-state index in [1.54, 1.807) is 147 Å². The number of aromatic nitrogens is 3. The highest BCUT2D eigenvalue weighted by molar-refractivity contribution is 8.15. The zero-order valence-electron chi connectivity index (χ0n) is 78.6. The molecule has 12 N–H and O–H groups in total. The molecule has 7 amide bonds. The van der Waals surface area contributed by atoms with Crippen LogP contribution < -0.4 is 43.0 Å². The van der Waals surface area contributed by atoms with Gasteiger partial charge >= 0.3 is 30.0 Å². The molecule has 10 aromatic rings. The second-order valence-corrected chi connectivity index (χ2v) is 42.2. The number of carboxylic acid groups (broad SMARTS) is 3. The van der Waals surface area contributed by atoms with Gasteiger partial charge in [0.2, 0.25) is 35.4 Å². The topological polar surface area (TPSA) is 487 Å². The predicted molar refractivity (Wildman–Crippen MR) is 553 cm³/mol. The Kier molecular flexibility index (Phi) is 39.9. The maximum atomic E-state index is 13.7. The second kappa shape index (κ2) is 50.8. The van der Waals surface area contributed by atoms with Crippen LogP contribution in [0.15, 0.2) is 136 Å². The minimum absolute atomic E-state index is 0. The number of benzene rings is 7. The highest BCUT2D eigenvalue weighted by Gasteiger charge is 2.35. The molecule has 13 rings (SSSR count). The van der Waals surface area contributed by atoms with Gasteiger partial charge in [0, 0.05) is 113 Å². The van der Waals surface area contributed by atoms with Crippen molar-refractivity contribution in [1.82, 2.24) is 36.2 Å². The van der Waals surface area contributed by atoms with Crippen LogP contribution in [-0.2, 0) is 73.6 Å². The van der Waals surface area contributed by atoms with Crippen LogP contribution in [-0.4, -0.2) is 194 Å². The minimum atomic E-state index is -1.57. The van der Waals surface area contributed by atoms with Gasteiger partial charge in [-0.15, -0.1) is 69.3 Å². The SMILES string of the molecule is C.CC(=O)NCCCCC(CC(=O)C(C)NC(=O)CCC(=O)OC(C)(C)C)C(=O)Nc1ccc2c(ccc3nc(C4=NC(C)CS4)sc32)c1.CC(C)CC(N)C(=O)Nc1ccc2c(ccc3nc(C4=NC(C)CS4)sc32)c1.CC1CSC(c2nc3ccc4cc(NC(=O)C(CCC(NC(=O)C(CCC(=O)O)CC(=O)C(CC(=O)O)NC(=O)OCc5ccccc5)C(C)C)CC(=O)O)ccc4c3s2)=N1. The molecule has 10 atom stereocenters. The molecule has 0 fully saturated rings. The number of carbonyl (C=O) groups is 13. The van der Waals surface area contributed by atoms with E-state index < -0.39 is 127 Å². The fourth-order valence-electron chi connectivity index (χ4n) is 15.4. The summed E-state index contributed by atoms with van der Waals surface area (Å²) < 4.78 is 13.6. The summed E-state index contributed by atoms with van der Waals surface area (Å²) >= 11 is 10.1. The molecule has 0 saturated carbocycles. The van der Waals surface area contributed by atoms with Crippen molar-refractivity contribution in [3.8, 4) is 0 Å². The highest BCUT2D eigenvalue weighted by Crippen LogP contribution is 2.40. The zero-order chi connectivity index (χ0) is 99.1. The second-order valence-electron chi connectivity index (χ2n) is 36.2. The van der Waals surface area contributed by atoms with Gasteiger partial charge in [0.05, 0.1) is 80.1 Å². The molecule has 3 aromatic heterocycles. The average Bonchev–Trinajstić information content (AvgIpc) is 1.63. The van der Waals surface area contributed by atoms with E-state index in [0.717, 1.165) is 116 Å². The van der Waals surface area contributed by atoms with Crippen LogP contribution in [0.2, 0.25) is 0 Å². The number of hydrogen-bond donors (Lipinski definition) is 11. The van der Waals surface area contributed by atoms with Gasteiger partial charge in [0.1, 0.15) is 48.4 Å². The molecule has 3 aliphatic rings. The van der Waals surface area contributed by atoms with Gasteiger partial charge in [-0.25, -0.2) is 19.7 Å². The van der Waals surface area contributed by atoms with Gasteiger partial charge in [0.25, 0.3) is 0 Å². The summed E-state index contributed by atoms with van der Waals surface area (Å²) in [6, 6.07) is 35.1. The lowest BCUT2D eigenvalue weighted by molar-refractivity contribution is -0.155. The number of aliphatic carboxylic acids is 3. The van der Waals surface area contributed by atoms with Gasteiger partial charge in [-0.05, 0) is 175 Å². The number of amides is 7. The third kappa shape index (κ3) is 32.2. The summed E-state index contributed by atoms with van der Waals surface area (Å²) in [5.74, 6) is -7.42. The van der Waals surface area contributed by atoms with Gasteiger partial charge in [-0.3, -0.25) is 72.5 Å². The van der Waals surface area contributed by atoms with Gasteiger partial charge in [0.15, 0.2) is 11.6 Å². The van der Waals surface area contributed by atoms with Crippen LogP contribution in [0.3, 0.4) is 0 Å². The van der Waals surface area contributed by atoms with Crippen LogP contribution in [0, 0.1) is 29.6 Å². The lowest BCUT2D eigenvalue weighted by atomic mass is 9.89. The van der Waals surface area contributed by atoms with Crippen molar-refractivity contribution in [2.24, 2.45) is 50.3 Å². The minimum Gasteiger partial charge on any atom is -0.481 e. The molecular formula is C100H122N14O18S6. The van der Waals surface area contributed by atoms with Crippen molar-refractivity contribution < 1.29 is 87.1 Å². The first-order valence-corrected chi connectivity index (χ1v) is 51.1. The number of rotatable bonds is 42. The van der Waals surface area contributed by atoms with Gasteiger partial charge < -0.3 is 67.7 Å². The van der Waals surface area contributed by atoms with Crippen molar-refractivity contribution in [3.05, 3.63) is 142 Å². The molecule has 10 unspecified atom stereocenters. The average molecular weight is 2000 g/mol. The zero-order valence-corrected chi connectivity index (χ0v) is 83.5. The highest BCUT2D eigenvalue weighted by atomic mass is 32.2. The van der Waals surface area contributed by atoms with Crippen molar-refractivity contribution in [2.45, 2.75) is 235 Å². The third-order valence-corrected chi connectivity index (χ3v) is 29.9. The number of unbranched alkanes of at least 4 members (excludes halogenated alkanes) is 1. The Balaban J connectivity index is 0.000000226. The Labute approximate surface area is 825 Å². The van der Waals surface area contributed by atoms with Gasteiger partial charge in [-0.1, -0.05) is 108 Å². The normalized spacial score (nSPS) is 16.1. The first-order valence-electron chi connectivity index (χ1n) is 45.7. The first-order chi connectivity index (χ1) is 65.1. The van der Waals surface area contributed by atoms with Crippen molar-refractivity contribution in [1.29, 1.82) is 0 Å². The van der Waals surface area contributed by atoms with Crippen LogP contribution in [0.5, 0.6) is 0 Å². The third-order valence-electron chi connectivity index (χ3n) is 22.5. The number of carboxylic acids is 3. The maximum absolute atomic E-state index is 13.7. The Morgan fingerprint density at radius 1 is 0.493 bits per heavy atom. The van der Waals surface area contributed by atoms with E-state index in [2.05, 4.69) is 94.0 Å². The number of thioether (sulfide) groups is 3. The van der Waals surface area contributed by atoms with Crippen LogP contribution >= 0.6 is 69.3 Å². The molecule has 0 aliphatic carbocycles. The lowest BCUT2D eigenvalue weighted by Crippen LogP contribution is -2.46. The smallest absolute Gasteiger partial charge is 0.408 e. The quantitative estimate of drug-likeness (QED) is 0.0125. The maximum Gasteiger partial charge on any atom is 0.408 e. The molecule has 0 saturated heterocycles. The van der Waals surface area contributed by atoms with E-state index in [4.69, 9.17) is 35.2 Å². The molecule has 0 spiro atoms. The molecule has 32 nitrogen and oxygen atoms in total. The Bertz CT molecular complexity index is 6230. The molecular weight excluding hydrogens is 1880 g/mol. The van der Waals surface area contributed by atoms with Crippen molar-refractivity contribution >= 4 is 241 Å². The Hall–Kier alpha value is -11.7. The molecule has 7 aromatic carbocycles. The largest absolute Gasteiger partial charge is 0.481 e. The number of esters is 1. The van der Waals surface area contributed by atoms with Crippen molar-refractivity contribution in [3.63, 3.8) is 0 Å². The van der Waals surface area contributed by atoms with Crippen LogP contribution in [0.1, 0.15) is 201 Å². The summed E-state index contributed by atoms with van der Waals surface area (Å²) in [6.45, 7) is 22.6. The summed E-state index contributed by atoms with van der Waals surface area (Å²) in [5.41, 5.74) is 10.6. The lowest BCUT2D eigenvalue weighted by Gasteiger charge is -2.27. The number of nitrogens with zero attached hydrogens (tertiary/aromatic N) is 6. The number of ether oxygens (including phenoxy) is 2. The summed E-state index contributed by atoms with van der Waals surface area (Å²) in [4.78, 5) is 192. The fraction of sp³-hybridized carbons (Fsp3) is 0.450. The number of thiazole rings is 3. The molecule has 6 heterocycles. The van der Waals surface area contributed by atoms with E-state index in [0.29, 0.717) is 61.1 Å². The Morgan fingerprint density at radius 3 is 1.38 bits per heavy atom. The molecule has 0 bridgehead atoms. The number of nitrogens with one attached hydrogen (secondary N) is 7. The van der Waals surface area contributed by atoms with E-state index >= 15 is 0 Å². The number of carbonyl (C=O) groups excluding carboxylic acids is 10. The molecule has 3 aliphatic heterocycles. The Morgan fingerprint density at radius 2 is 0.949 bits per heavy atom. The van der Waals surface area contributed by atoms with E-state index in [1.807, 2.05) is 72.8 Å². The van der Waals surface area contributed by atoms with Gasteiger partial charge in [-0.2, -0.15) is 0 Å². The monoisotopic (exact) mass is 2000 g/mol. The fourth-order valence-corrected chi connectivity index (χ4v) is 22.0. The number of ketones is 2. The number of anilines is 3. The number of nitrogens with two attached hydrogens (primary N) is 1. The first kappa shape index (κ1) is 108. The molecule has 38 heteroatoms. The standard InChI is InChI=1S/C43H49N5O11S2.C35H45N5O6S2.C21H24N4OS2.CH4/c1-23(2)31(46-40(57)27(11-16-35(50)51)18-34(49)33(20-37(54)55)48-43(58)59-21-25-7-5-4-6-8-25)14-10-28(19-36(52)53)39(56)45-29-12-13-30-26(17-29)9-15-32-38(30)61-42(47-32)41-44-24(3)22-60-41;1-20-19-47-33(37-20)34-40-27-13-10-23-17-25(11-12-26(23)31(27)48-34)39-32(45)24(9-7-8-16-36-22(3)41)18-28(42)21(2)38-29(43)14-15-30(44)46-35(4,5)6;1-11(2)8-16(22)19(26)24-14-5-6-15-13(9-14)4-7-17-18(15)28-21(25-17)20-23-12(3)10-27-20;/h4-9,12-13,15,17,23-24,27-28,31,33H,10-11,14,16,18-22H2,1-3H3,(H,45,56)(H,46,57)(H,48,58)(H,50,51)(H,52,53)(H,54,55);10-13,17,20-21,24H,7-9,14-16,18-19H2,1-6H3,(H,36,41)(H,38,43)(H,39,45);4-7,9,11-12,16H,8,10,22H2,1-3H3,(H,24,26);1H4. The number of alkyl carbamates (subject to hydrolysis) is 1. The number of aliphatic imine (C=N–C) groups is 3. The van der Waals surface area contributed by atoms with E-state index in [-0.39, 0.29) is 94.1 Å². The summed E-state index contributed by atoms with van der Waals surface area (Å²) in [7, 11) is 0. The molecule has 736 valence electrons. The number of Topliss-reactive ketones (excluding diaryl/α,β-unsaturated/α-hetero) is 2.